The number of ether oxygens (including phenoxy) is 2. The van der Waals surface area contributed by atoms with E-state index in [1.54, 1.807) is 20.3 Å². The van der Waals surface area contributed by atoms with Gasteiger partial charge in [-0.05, 0) is 30.9 Å². The molecule has 1 aromatic carbocycles. The first-order valence-corrected chi connectivity index (χ1v) is 6.55. The molecule has 0 saturated heterocycles. The molecule has 0 aromatic heterocycles. The monoisotopic (exact) mass is 264 g/mol. The van der Waals surface area contributed by atoms with Crippen molar-refractivity contribution in [2.45, 2.75) is 32.1 Å². The molecule has 104 valence electrons. The van der Waals surface area contributed by atoms with Crippen LogP contribution in [0.5, 0.6) is 11.5 Å². The van der Waals surface area contributed by atoms with E-state index in [2.05, 4.69) is 0 Å². The highest BCUT2D eigenvalue weighted by atomic mass is 16.5. The van der Waals surface area contributed by atoms with Crippen LogP contribution in [-0.2, 0) is 11.2 Å². The highest BCUT2D eigenvalue weighted by molar-refractivity contribution is 5.75. The molecule has 1 saturated carbocycles. The van der Waals surface area contributed by atoms with E-state index in [1.807, 2.05) is 12.1 Å². The van der Waals surface area contributed by atoms with Crippen LogP contribution in [0.15, 0.2) is 18.2 Å². The van der Waals surface area contributed by atoms with Gasteiger partial charge in [-0.15, -0.1) is 0 Å². The molecule has 1 aromatic rings. The van der Waals surface area contributed by atoms with Crippen LogP contribution in [0.25, 0.3) is 0 Å². The van der Waals surface area contributed by atoms with Gasteiger partial charge in [0.15, 0.2) is 0 Å². The van der Waals surface area contributed by atoms with Gasteiger partial charge in [0.2, 0.25) is 0 Å². The molecule has 0 amide bonds. The number of hydrogen-bond acceptors (Lipinski definition) is 3. The summed E-state index contributed by atoms with van der Waals surface area (Å²) < 4.78 is 10.5. The minimum absolute atomic E-state index is 0.523. The standard InChI is InChI=1S/C15H20O4/c1-18-12-6-5-11(13(9-12)19-2)10-15(14(16)17)7-3-4-8-15/h5-6,9H,3-4,7-8,10H2,1-2H3,(H,16,17). The van der Waals surface area contributed by atoms with Gasteiger partial charge >= 0.3 is 5.97 Å². The third kappa shape index (κ3) is 2.67. The van der Waals surface area contributed by atoms with Crippen LogP contribution >= 0.6 is 0 Å². The SMILES string of the molecule is COc1ccc(CC2(C(=O)O)CCCC2)c(OC)c1. The Morgan fingerprint density at radius 3 is 2.47 bits per heavy atom. The van der Waals surface area contributed by atoms with Crippen molar-refractivity contribution < 1.29 is 19.4 Å². The van der Waals surface area contributed by atoms with Crippen molar-refractivity contribution in [2.75, 3.05) is 14.2 Å². The number of hydrogen-bond donors (Lipinski definition) is 1. The molecule has 1 N–H and O–H groups in total. The molecule has 4 heteroatoms. The molecule has 1 aliphatic rings. The van der Waals surface area contributed by atoms with Gasteiger partial charge in [-0.25, -0.2) is 0 Å². The second-order valence-electron chi connectivity index (χ2n) is 5.15. The van der Waals surface area contributed by atoms with Crippen molar-refractivity contribution in [2.24, 2.45) is 5.41 Å². The molecular weight excluding hydrogens is 244 g/mol. The maximum atomic E-state index is 11.6. The Morgan fingerprint density at radius 1 is 1.26 bits per heavy atom. The lowest BCUT2D eigenvalue weighted by atomic mass is 9.80. The first-order valence-electron chi connectivity index (χ1n) is 6.55. The van der Waals surface area contributed by atoms with E-state index < -0.39 is 11.4 Å². The molecule has 2 rings (SSSR count). The fourth-order valence-electron chi connectivity index (χ4n) is 2.88. The number of benzene rings is 1. The highest BCUT2D eigenvalue weighted by Crippen LogP contribution is 2.43. The average molecular weight is 264 g/mol. The third-order valence-electron chi connectivity index (χ3n) is 4.04. The normalized spacial score (nSPS) is 17.2. The van der Waals surface area contributed by atoms with Crippen LogP contribution in [0.3, 0.4) is 0 Å². The fraction of sp³-hybridized carbons (Fsp3) is 0.533. The van der Waals surface area contributed by atoms with Gasteiger partial charge in [0.25, 0.3) is 0 Å². The predicted molar refractivity (Wildman–Crippen MR) is 71.8 cm³/mol. The molecule has 0 spiro atoms. The van der Waals surface area contributed by atoms with Gasteiger partial charge in [-0.1, -0.05) is 18.9 Å². The number of carbonyl (C=O) groups is 1. The van der Waals surface area contributed by atoms with Gasteiger partial charge in [0, 0.05) is 6.07 Å². The van der Waals surface area contributed by atoms with Crippen LogP contribution < -0.4 is 9.47 Å². The Morgan fingerprint density at radius 2 is 1.95 bits per heavy atom. The first kappa shape index (κ1) is 13.7. The van der Waals surface area contributed by atoms with E-state index >= 15 is 0 Å². The van der Waals surface area contributed by atoms with E-state index in [0.29, 0.717) is 12.2 Å². The lowest BCUT2D eigenvalue weighted by molar-refractivity contribution is -0.148. The van der Waals surface area contributed by atoms with Crippen molar-refractivity contribution in [1.82, 2.24) is 0 Å². The molecule has 19 heavy (non-hydrogen) atoms. The smallest absolute Gasteiger partial charge is 0.309 e. The largest absolute Gasteiger partial charge is 0.497 e. The van der Waals surface area contributed by atoms with Crippen molar-refractivity contribution in [1.29, 1.82) is 0 Å². The number of methoxy groups -OCH3 is 2. The first-order chi connectivity index (χ1) is 9.11. The highest BCUT2D eigenvalue weighted by Gasteiger charge is 2.41. The van der Waals surface area contributed by atoms with Crippen LogP contribution in [-0.4, -0.2) is 25.3 Å². The summed E-state index contributed by atoms with van der Waals surface area (Å²) in [4.78, 5) is 11.6. The molecule has 1 fully saturated rings. The molecule has 0 bridgehead atoms. The van der Waals surface area contributed by atoms with Gasteiger partial charge in [-0.2, -0.15) is 0 Å². The average Bonchev–Trinajstić information content (AvgIpc) is 2.89. The Bertz CT molecular complexity index is 461. The van der Waals surface area contributed by atoms with Crippen LogP contribution in [0, 0.1) is 5.41 Å². The molecule has 0 aliphatic heterocycles. The van der Waals surface area contributed by atoms with Gasteiger partial charge in [0.05, 0.1) is 19.6 Å². The maximum absolute atomic E-state index is 11.6. The van der Waals surface area contributed by atoms with Crippen molar-refractivity contribution in [3.63, 3.8) is 0 Å². The summed E-state index contributed by atoms with van der Waals surface area (Å²) in [5.74, 6) is 0.728. The lowest BCUT2D eigenvalue weighted by Crippen LogP contribution is -2.30. The van der Waals surface area contributed by atoms with E-state index in [9.17, 15) is 9.90 Å². The van der Waals surface area contributed by atoms with E-state index in [0.717, 1.165) is 37.0 Å². The van der Waals surface area contributed by atoms with Crippen LogP contribution in [0.1, 0.15) is 31.2 Å². The number of carboxylic acids is 1. The van der Waals surface area contributed by atoms with Crippen molar-refractivity contribution >= 4 is 5.97 Å². The Balaban J connectivity index is 2.29. The van der Waals surface area contributed by atoms with Crippen LogP contribution in [0.4, 0.5) is 0 Å². The summed E-state index contributed by atoms with van der Waals surface area (Å²) in [6, 6.07) is 5.56. The zero-order valence-electron chi connectivity index (χ0n) is 11.4. The molecule has 0 atom stereocenters. The second-order valence-corrected chi connectivity index (χ2v) is 5.15. The summed E-state index contributed by atoms with van der Waals surface area (Å²) in [6.07, 6.45) is 4.00. The maximum Gasteiger partial charge on any atom is 0.309 e. The zero-order chi connectivity index (χ0) is 13.9. The molecular formula is C15H20O4. The number of aliphatic carboxylic acids is 1. The number of rotatable bonds is 5. The number of carboxylic acid groups (broad SMARTS) is 1. The summed E-state index contributed by atoms with van der Waals surface area (Å²) in [5.41, 5.74) is 0.314. The molecule has 0 unspecified atom stereocenters. The molecule has 4 nitrogen and oxygen atoms in total. The summed E-state index contributed by atoms with van der Waals surface area (Å²) in [7, 11) is 3.20. The van der Waals surface area contributed by atoms with Gasteiger partial charge in [-0.3, -0.25) is 4.79 Å². The van der Waals surface area contributed by atoms with Gasteiger partial charge < -0.3 is 14.6 Å². The lowest BCUT2D eigenvalue weighted by Gasteiger charge is -2.24. The van der Waals surface area contributed by atoms with Crippen molar-refractivity contribution in [3.8, 4) is 11.5 Å². The Hall–Kier alpha value is -1.71. The minimum Gasteiger partial charge on any atom is -0.497 e. The third-order valence-corrected chi connectivity index (χ3v) is 4.04. The Kier molecular flexibility index (Phi) is 3.98. The molecule has 1 aliphatic carbocycles. The Labute approximate surface area is 113 Å². The molecule has 0 radical (unpaired) electrons. The summed E-state index contributed by atoms with van der Waals surface area (Å²) in [6.45, 7) is 0. The minimum atomic E-state index is -0.692. The predicted octanol–water partition coefficient (Wildman–Crippen LogP) is 2.89. The topological polar surface area (TPSA) is 55.8 Å². The summed E-state index contributed by atoms with van der Waals surface area (Å²) >= 11 is 0. The van der Waals surface area contributed by atoms with Crippen LogP contribution in [0.2, 0.25) is 0 Å². The zero-order valence-corrected chi connectivity index (χ0v) is 11.4. The fourth-order valence-corrected chi connectivity index (χ4v) is 2.88. The van der Waals surface area contributed by atoms with E-state index in [-0.39, 0.29) is 0 Å². The second kappa shape index (κ2) is 5.51. The quantitative estimate of drug-likeness (QED) is 0.888. The van der Waals surface area contributed by atoms with Crippen molar-refractivity contribution in [3.05, 3.63) is 23.8 Å². The van der Waals surface area contributed by atoms with E-state index in [1.165, 1.54) is 0 Å². The van der Waals surface area contributed by atoms with Gasteiger partial charge in [0.1, 0.15) is 11.5 Å². The van der Waals surface area contributed by atoms with E-state index in [4.69, 9.17) is 9.47 Å². The summed E-state index contributed by atoms with van der Waals surface area (Å²) in [5, 5.41) is 9.52. The molecule has 0 heterocycles.